The summed E-state index contributed by atoms with van der Waals surface area (Å²) in [6.07, 6.45) is 4.18. The molecule has 3 nitrogen and oxygen atoms in total. The maximum absolute atomic E-state index is 16.7. The number of benzene rings is 8. The zero-order valence-corrected chi connectivity index (χ0v) is 39.9. The van der Waals surface area contributed by atoms with Crippen LogP contribution in [0.1, 0.15) is 29.5 Å². The van der Waals surface area contributed by atoms with Crippen LogP contribution in [0.4, 0.5) is 8.78 Å². The van der Waals surface area contributed by atoms with Gasteiger partial charge < -0.3 is 0 Å². The number of allylic oxidation sites excluding steroid dienone is 1. The summed E-state index contributed by atoms with van der Waals surface area (Å²) in [5.41, 5.74) is 14.0. The Balaban J connectivity index is 1.20. The van der Waals surface area contributed by atoms with Crippen molar-refractivity contribution in [2.45, 2.75) is 44.4 Å². The first kappa shape index (κ1) is 40.9. The summed E-state index contributed by atoms with van der Waals surface area (Å²) < 4.78 is 40.7. The van der Waals surface area contributed by atoms with E-state index < -0.39 is 8.07 Å². The molecule has 8 aromatic carbocycles. The van der Waals surface area contributed by atoms with Crippen LogP contribution in [0.5, 0.6) is 0 Å². The molecule has 0 saturated heterocycles. The van der Waals surface area contributed by atoms with Crippen molar-refractivity contribution in [3.63, 3.8) is 0 Å². The predicted octanol–water partition coefficient (Wildman–Crippen LogP) is 15.0. The van der Waals surface area contributed by atoms with Gasteiger partial charge in [-0.3, -0.25) is 0 Å². The molecule has 0 saturated carbocycles. The molecule has 0 radical (unpaired) electrons. The van der Waals surface area contributed by atoms with Gasteiger partial charge in [0, 0.05) is 48.6 Å². The number of nitrogens with zero attached hydrogens (tertiary/aromatic N) is 3. The first-order chi connectivity index (χ1) is 33.1. The van der Waals surface area contributed by atoms with Crippen LogP contribution in [0, 0.1) is 11.6 Å². The molecule has 13 rings (SSSR count). The van der Waals surface area contributed by atoms with Crippen LogP contribution in [-0.2, 0) is 6.42 Å². The van der Waals surface area contributed by atoms with E-state index in [9.17, 15) is 4.39 Å². The molecule has 0 aliphatic carbocycles. The van der Waals surface area contributed by atoms with Gasteiger partial charge in [0.15, 0.2) is 22.9 Å². The molecule has 11 aromatic rings. The fraction of sp³-hybridized carbons (Fsp3) is 0.115. The van der Waals surface area contributed by atoms with Crippen molar-refractivity contribution in [3.05, 3.63) is 211 Å². The number of halogens is 2. The lowest BCUT2D eigenvalue weighted by atomic mass is 9.78. The van der Waals surface area contributed by atoms with Crippen LogP contribution in [-0.4, -0.2) is 12.6 Å². The average molecular weight is 920 g/mol. The van der Waals surface area contributed by atoms with E-state index in [0.717, 1.165) is 79.0 Å². The van der Waals surface area contributed by atoms with Crippen molar-refractivity contribution in [1.29, 1.82) is 0 Å². The van der Waals surface area contributed by atoms with E-state index in [1.807, 2.05) is 59.9 Å². The second-order valence-corrected chi connectivity index (χ2v) is 25.7. The van der Waals surface area contributed by atoms with E-state index in [-0.39, 0.29) is 23.6 Å². The molecule has 2 unspecified atom stereocenters. The molecule has 0 N–H and O–H groups in total. The molecule has 328 valence electrons. The molecule has 7 heteroatoms. The summed E-state index contributed by atoms with van der Waals surface area (Å²) in [6, 6.07) is 60.3. The highest BCUT2D eigenvalue weighted by atomic mass is 32.1. The number of thiophene rings is 1. The van der Waals surface area contributed by atoms with Crippen LogP contribution in [0.25, 0.3) is 98.3 Å². The van der Waals surface area contributed by atoms with Crippen LogP contribution in [0.3, 0.4) is 0 Å². The van der Waals surface area contributed by atoms with E-state index in [4.69, 9.17) is 6.58 Å². The van der Waals surface area contributed by atoms with Gasteiger partial charge in [-0.1, -0.05) is 141 Å². The number of aromatic nitrogens is 3. The Kier molecular flexibility index (Phi) is 9.24. The monoisotopic (exact) mass is 919 g/mol. The highest BCUT2D eigenvalue weighted by molar-refractivity contribution is 7.26. The lowest BCUT2D eigenvalue weighted by molar-refractivity contribution is -0.723. The van der Waals surface area contributed by atoms with Gasteiger partial charge in [0.2, 0.25) is 11.7 Å². The van der Waals surface area contributed by atoms with Gasteiger partial charge in [-0.2, -0.15) is 13.7 Å². The Morgan fingerprint density at radius 3 is 2.19 bits per heavy atom. The van der Waals surface area contributed by atoms with Crippen molar-refractivity contribution in [3.8, 4) is 50.6 Å². The number of aryl methyl sites for hydroxylation is 1. The van der Waals surface area contributed by atoms with Crippen LogP contribution in [0.15, 0.2) is 189 Å². The quantitative estimate of drug-likeness (QED) is 0.123. The van der Waals surface area contributed by atoms with Gasteiger partial charge in [-0.05, 0) is 95.8 Å². The van der Waals surface area contributed by atoms with Gasteiger partial charge >= 0.3 is 5.82 Å². The fourth-order valence-corrected chi connectivity index (χ4v) is 13.9. The summed E-state index contributed by atoms with van der Waals surface area (Å²) in [6.45, 7) is 12.5. The fourth-order valence-electron chi connectivity index (χ4n) is 11.4. The first-order valence-electron chi connectivity index (χ1n) is 23.5. The van der Waals surface area contributed by atoms with E-state index in [2.05, 4.69) is 149 Å². The molecule has 0 amide bonds. The maximum atomic E-state index is 16.7. The Hall–Kier alpha value is -7.32. The van der Waals surface area contributed by atoms with Crippen molar-refractivity contribution < 1.29 is 17.9 Å². The van der Waals surface area contributed by atoms with E-state index in [1.165, 1.54) is 55.2 Å². The Bertz CT molecular complexity index is 3900. The van der Waals surface area contributed by atoms with Crippen molar-refractivity contribution in [1.82, 2.24) is 4.57 Å². The normalized spacial score (nSPS) is 15.6. The van der Waals surface area contributed by atoms with E-state index in [0.29, 0.717) is 5.39 Å². The number of para-hydroxylation sites is 2. The lowest BCUT2D eigenvalue weighted by Gasteiger charge is -2.31. The molecule has 5 heterocycles. The first-order valence-corrected chi connectivity index (χ1v) is 27.8. The second kappa shape index (κ2) is 15.4. The van der Waals surface area contributed by atoms with Gasteiger partial charge in [0.1, 0.15) is 17.3 Å². The van der Waals surface area contributed by atoms with Gasteiger partial charge in [0.05, 0.1) is 24.3 Å². The molecule has 0 fully saturated rings. The topological polar surface area (TPSA) is 12.7 Å². The molecular weight excluding hydrogens is 873 g/mol. The average Bonchev–Trinajstić information content (AvgIpc) is 3.91. The highest BCUT2D eigenvalue weighted by Gasteiger charge is 2.48. The van der Waals surface area contributed by atoms with Crippen LogP contribution >= 0.6 is 11.3 Å². The van der Waals surface area contributed by atoms with Crippen molar-refractivity contribution in [2.75, 3.05) is 0 Å². The molecule has 2 aliphatic rings. The standard InChI is InChI=1S/C61H47F2N3SSi/c1-37-58-49(44-16-8-10-18-46(44)53-33-29-43(36-64(53)58)68(2,3)4)31-24-40-25-32-50-47-30-26-41(38-22-27-42(62)28-23-38)34-56(47)67-60(50)57(40)61-65(37)54-20-12-13-21-55(54)66(61)59-48-19-11-9-17-45(48)52(63)35-51(59)39-14-6-5-7-15-39/h5-23,25-30,32-36,49,58H,1,24,31H2,2-4H3/q+2. The van der Waals surface area contributed by atoms with Gasteiger partial charge in [-0.15, -0.1) is 11.3 Å². The Labute approximate surface area is 399 Å². The molecular formula is C61H47F2N3SSi+2. The largest absolute Gasteiger partial charge is 0.302 e. The molecule has 2 atom stereocenters. The molecule has 3 aromatic heterocycles. The number of rotatable bonds is 4. The summed E-state index contributed by atoms with van der Waals surface area (Å²) >= 11 is 1.81. The summed E-state index contributed by atoms with van der Waals surface area (Å²) in [5.74, 6) is 0.613. The molecule has 68 heavy (non-hydrogen) atoms. The smallest absolute Gasteiger partial charge is 0.207 e. The van der Waals surface area contributed by atoms with Crippen LogP contribution in [0.2, 0.25) is 19.6 Å². The third-order valence-electron chi connectivity index (χ3n) is 14.7. The maximum Gasteiger partial charge on any atom is 0.302 e. The third kappa shape index (κ3) is 6.18. The lowest BCUT2D eigenvalue weighted by Crippen LogP contribution is -2.56. The SMILES string of the molecule is C=C1C2C(CCc3ccc4c(sc5cc(-c6ccc(F)cc6)ccc54)c3-c3n(-c4c(-c5ccccc5)cc(F)c5ccccc45)c4ccccc4[n+]31)c1ccccc1-c1ccc([Si](C)(C)C)c[n+]12. The molecule has 0 bridgehead atoms. The Morgan fingerprint density at radius 1 is 0.647 bits per heavy atom. The summed E-state index contributed by atoms with van der Waals surface area (Å²) in [7, 11) is -1.75. The number of fused-ring (bicyclic) bond motifs is 16. The van der Waals surface area contributed by atoms with Gasteiger partial charge in [-0.25, -0.2) is 8.78 Å². The minimum atomic E-state index is -1.75. The van der Waals surface area contributed by atoms with Gasteiger partial charge in [0.25, 0.3) is 0 Å². The van der Waals surface area contributed by atoms with E-state index in [1.54, 1.807) is 6.07 Å². The highest BCUT2D eigenvalue weighted by Crippen LogP contribution is 2.50. The van der Waals surface area contributed by atoms with E-state index >= 15 is 4.39 Å². The zero-order chi connectivity index (χ0) is 46.0. The second-order valence-electron chi connectivity index (χ2n) is 19.6. The minimum Gasteiger partial charge on any atom is -0.207 e. The van der Waals surface area contributed by atoms with Crippen molar-refractivity contribution >= 4 is 72.3 Å². The van der Waals surface area contributed by atoms with Crippen molar-refractivity contribution in [2.24, 2.45) is 0 Å². The number of hydrogen-bond donors (Lipinski definition) is 0. The third-order valence-corrected chi connectivity index (χ3v) is 17.9. The predicted molar refractivity (Wildman–Crippen MR) is 281 cm³/mol. The molecule has 0 spiro atoms. The number of pyridine rings is 1. The van der Waals surface area contributed by atoms with Crippen LogP contribution < -0.4 is 14.3 Å². The number of imidazole rings is 1. The summed E-state index contributed by atoms with van der Waals surface area (Å²) in [5, 5.41) is 5.16. The Morgan fingerprint density at radius 2 is 1.37 bits per heavy atom. The zero-order valence-electron chi connectivity index (χ0n) is 38.1. The minimum absolute atomic E-state index is 0.115. The number of hydrogen-bond acceptors (Lipinski definition) is 1. The molecule has 2 aliphatic heterocycles. The summed E-state index contributed by atoms with van der Waals surface area (Å²) in [4.78, 5) is 0.